The summed E-state index contributed by atoms with van der Waals surface area (Å²) in [6, 6.07) is 18.5. The maximum absolute atomic E-state index is 5.10. The first-order chi connectivity index (χ1) is 12.3. The van der Waals surface area contributed by atoms with Crippen molar-refractivity contribution in [2.24, 2.45) is 10.1 Å². The molecule has 1 heterocycles. The van der Waals surface area contributed by atoms with Crippen LogP contribution < -0.4 is 4.80 Å². The van der Waals surface area contributed by atoms with Crippen molar-refractivity contribution < 1.29 is 4.74 Å². The van der Waals surface area contributed by atoms with Gasteiger partial charge in [0.15, 0.2) is 0 Å². The van der Waals surface area contributed by atoms with Crippen LogP contribution in [0.5, 0.6) is 0 Å². The van der Waals surface area contributed by atoms with Crippen LogP contribution in [0.2, 0.25) is 0 Å². The summed E-state index contributed by atoms with van der Waals surface area (Å²) >= 11 is 1.59. The minimum atomic E-state index is 0.597. The minimum absolute atomic E-state index is 0.597. The molecule has 0 aliphatic rings. The number of ether oxygens (including phenoxy) is 1. The lowest BCUT2D eigenvalue weighted by Gasteiger charge is -2.03. The molecule has 0 fully saturated rings. The first kappa shape index (κ1) is 17.3. The highest BCUT2D eigenvalue weighted by Gasteiger charge is 2.06. The second-order valence-corrected chi connectivity index (χ2v) is 6.45. The van der Waals surface area contributed by atoms with E-state index in [0.29, 0.717) is 13.2 Å². The monoisotopic (exact) mass is 351 g/mol. The van der Waals surface area contributed by atoms with Gasteiger partial charge in [0.1, 0.15) is 0 Å². The molecule has 0 atom stereocenters. The van der Waals surface area contributed by atoms with Gasteiger partial charge >= 0.3 is 0 Å². The van der Waals surface area contributed by atoms with Gasteiger partial charge in [-0.15, -0.1) is 11.3 Å². The first-order valence-electron chi connectivity index (χ1n) is 8.14. The molecule has 4 nitrogen and oxygen atoms in total. The van der Waals surface area contributed by atoms with Crippen LogP contribution in [-0.4, -0.2) is 31.2 Å². The lowest BCUT2D eigenvalue weighted by Crippen LogP contribution is -2.13. The van der Waals surface area contributed by atoms with Gasteiger partial charge in [-0.05, 0) is 12.5 Å². The number of methoxy groups -OCH3 is 1. The molecule has 0 N–H and O–H groups in total. The second-order valence-electron chi connectivity index (χ2n) is 5.61. The van der Waals surface area contributed by atoms with Crippen LogP contribution in [0.3, 0.4) is 0 Å². The third-order valence-electron chi connectivity index (χ3n) is 3.70. The van der Waals surface area contributed by atoms with Crippen LogP contribution in [0.15, 0.2) is 70.1 Å². The molecule has 0 amide bonds. The fourth-order valence-electron chi connectivity index (χ4n) is 2.34. The van der Waals surface area contributed by atoms with Gasteiger partial charge in [0, 0.05) is 18.1 Å². The number of aryl methyl sites for hydroxylation is 1. The van der Waals surface area contributed by atoms with Crippen molar-refractivity contribution in [2.45, 2.75) is 6.92 Å². The molecule has 3 rings (SSSR count). The van der Waals surface area contributed by atoms with E-state index in [1.807, 2.05) is 29.1 Å². The van der Waals surface area contributed by atoms with Crippen molar-refractivity contribution in [1.29, 1.82) is 0 Å². The average molecular weight is 351 g/mol. The zero-order valence-corrected chi connectivity index (χ0v) is 15.2. The Morgan fingerprint density at radius 2 is 1.84 bits per heavy atom. The Balaban J connectivity index is 2.00. The van der Waals surface area contributed by atoms with Crippen molar-refractivity contribution in [3.63, 3.8) is 0 Å². The Morgan fingerprint density at radius 1 is 1.08 bits per heavy atom. The molecule has 5 heteroatoms. The Hall–Kier alpha value is -2.50. The number of rotatable bonds is 6. The van der Waals surface area contributed by atoms with Gasteiger partial charge in [-0.3, -0.25) is 4.99 Å². The fourth-order valence-corrected chi connectivity index (χ4v) is 3.20. The first-order valence-corrected chi connectivity index (χ1v) is 9.02. The van der Waals surface area contributed by atoms with E-state index in [1.165, 1.54) is 5.56 Å². The summed E-state index contributed by atoms with van der Waals surface area (Å²) < 4.78 is 7.00. The van der Waals surface area contributed by atoms with E-state index in [4.69, 9.17) is 4.74 Å². The highest BCUT2D eigenvalue weighted by molar-refractivity contribution is 7.07. The van der Waals surface area contributed by atoms with Gasteiger partial charge in [0.25, 0.3) is 0 Å². The molecular weight excluding hydrogens is 330 g/mol. The Kier molecular flexibility index (Phi) is 5.93. The van der Waals surface area contributed by atoms with Crippen LogP contribution in [0.25, 0.3) is 11.3 Å². The quantitative estimate of drug-likeness (QED) is 0.489. The normalized spacial score (nSPS) is 12.2. The number of hydrogen-bond donors (Lipinski definition) is 0. The largest absolute Gasteiger partial charge is 0.383 e. The number of benzene rings is 2. The van der Waals surface area contributed by atoms with Crippen molar-refractivity contribution in [1.82, 2.24) is 4.68 Å². The summed E-state index contributed by atoms with van der Waals surface area (Å²) in [5.41, 5.74) is 4.45. The lowest BCUT2D eigenvalue weighted by molar-refractivity contribution is 0.207. The molecule has 0 unspecified atom stereocenters. The summed E-state index contributed by atoms with van der Waals surface area (Å²) in [5, 5.41) is 6.78. The molecule has 0 bridgehead atoms. The summed E-state index contributed by atoms with van der Waals surface area (Å²) in [7, 11) is 1.68. The Morgan fingerprint density at radius 3 is 2.56 bits per heavy atom. The molecule has 2 aromatic carbocycles. The van der Waals surface area contributed by atoms with E-state index < -0.39 is 0 Å². The zero-order valence-electron chi connectivity index (χ0n) is 14.4. The highest BCUT2D eigenvalue weighted by atomic mass is 32.1. The molecule has 0 spiro atoms. The van der Waals surface area contributed by atoms with Gasteiger partial charge in [0.2, 0.25) is 4.80 Å². The van der Waals surface area contributed by atoms with Crippen molar-refractivity contribution in [3.05, 3.63) is 75.9 Å². The number of nitrogens with zero attached hydrogens (tertiary/aromatic N) is 3. The third kappa shape index (κ3) is 4.53. The molecule has 0 aliphatic heterocycles. The Labute approximate surface area is 151 Å². The van der Waals surface area contributed by atoms with Crippen LogP contribution in [0, 0.1) is 6.92 Å². The fraction of sp³-hybridized carbons (Fsp3) is 0.200. The standard InChI is InChI=1S/C20H21N3OS/c1-16-8-10-17(11-9-16)14-22-23-19(18-6-4-3-5-7-18)15-25-20(23)21-12-13-24-2/h3-11,14-15H,12-13H2,1-2H3/b21-20?,22-14-. The van der Waals surface area contributed by atoms with Gasteiger partial charge < -0.3 is 4.74 Å². The van der Waals surface area contributed by atoms with Crippen LogP contribution in [0.1, 0.15) is 11.1 Å². The molecule has 3 aromatic rings. The maximum Gasteiger partial charge on any atom is 0.206 e. The van der Waals surface area contributed by atoms with Crippen molar-refractivity contribution in [2.75, 3.05) is 20.3 Å². The summed E-state index contributed by atoms with van der Waals surface area (Å²) in [5.74, 6) is 0. The predicted octanol–water partition coefficient (Wildman–Crippen LogP) is 3.95. The maximum atomic E-state index is 5.10. The summed E-state index contributed by atoms with van der Waals surface area (Å²) in [6.45, 7) is 3.29. The molecule has 25 heavy (non-hydrogen) atoms. The van der Waals surface area contributed by atoms with E-state index in [9.17, 15) is 0 Å². The SMILES string of the molecule is COCCN=c1scc(-c2ccccc2)n1/N=C\c1ccc(C)cc1. The van der Waals surface area contributed by atoms with Crippen LogP contribution >= 0.6 is 11.3 Å². The molecule has 0 aliphatic carbocycles. The van der Waals surface area contributed by atoms with E-state index in [0.717, 1.165) is 21.6 Å². The molecule has 0 saturated carbocycles. The van der Waals surface area contributed by atoms with E-state index in [2.05, 4.69) is 58.8 Å². The topological polar surface area (TPSA) is 38.9 Å². The molecular formula is C20H21N3OS. The van der Waals surface area contributed by atoms with Gasteiger partial charge in [-0.2, -0.15) is 5.10 Å². The predicted molar refractivity (Wildman–Crippen MR) is 104 cm³/mol. The van der Waals surface area contributed by atoms with Gasteiger partial charge in [-0.1, -0.05) is 60.2 Å². The van der Waals surface area contributed by atoms with E-state index in [1.54, 1.807) is 18.4 Å². The summed E-state index contributed by atoms with van der Waals surface area (Å²) in [6.07, 6.45) is 1.87. The molecule has 128 valence electrons. The van der Waals surface area contributed by atoms with Crippen molar-refractivity contribution >= 4 is 17.6 Å². The smallest absolute Gasteiger partial charge is 0.206 e. The molecule has 0 saturated heterocycles. The Bertz CT molecular complexity index is 893. The van der Waals surface area contributed by atoms with E-state index >= 15 is 0 Å². The van der Waals surface area contributed by atoms with Crippen LogP contribution in [-0.2, 0) is 4.74 Å². The van der Waals surface area contributed by atoms with Crippen molar-refractivity contribution in [3.8, 4) is 11.3 Å². The average Bonchev–Trinajstić information content (AvgIpc) is 3.05. The van der Waals surface area contributed by atoms with Crippen LogP contribution in [0.4, 0.5) is 0 Å². The molecule has 0 radical (unpaired) electrons. The number of thiazole rings is 1. The zero-order chi connectivity index (χ0) is 17.5. The minimum Gasteiger partial charge on any atom is -0.383 e. The summed E-state index contributed by atoms with van der Waals surface area (Å²) in [4.78, 5) is 5.47. The lowest BCUT2D eigenvalue weighted by atomic mass is 10.2. The third-order valence-corrected chi connectivity index (χ3v) is 4.55. The molecule has 1 aromatic heterocycles. The number of aromatic nitrogens is 1. The van der Waals surface area contributed by atoms with Gasteiger partial charge in [-0.25, -0.2) is 4.68 Å². The highest BCUT2D eigenvalue weighted by Crippen LogP contribution is 2.19. The van der Waals surface area contributed by atoms with Gasteiger partial charge in [0.05, 0.1) is 25.1 Å². The van der Waals surface area contributed by atoms with E-state index in [-0.39, 0.29) is 0 Å². The second kappa shape index (κ2) is 8.55. The number of hydrogen-bond acceptors (Lipinski definition) is 4.